The number of aryl methyl sites for hydroxylation is 1. The van der Waals surface area contributed by atoms with Crippen LogP contribution in [0.4, 0.5) is 0 Å². The van der Waals surface area contributed by atoms with Gasteiger partial charge in [-0.15, -0.1) is 5.10 Å². The topological polar surface area (TPSA) is 103 Å². The van der Waals surface area contributed by atoms with Gasteiger partial charge in [-0.05, 0) is 48.9 Å². The van der Waals surface area contributed by atoms with Gasteiger partial charge in [0.05, 0.1) is 11.8 Å². The smallest absolute Gasteiger partial charge is 0.343 e. The number of rotatable bonds is 4. The third-order valence-corrected chi connectivity index (χ3v) is 2.72. The van der Waals surface area contributed by atoms with Gasteiger partial charge in [0, 0.05) is 0 Å². The van der Waals surface area contributed by atoms with Gasteiger partial charge in [-0.2, -0.15) is 5.10 Å². The van der Waals surface area contributed by atoms with Crippen LogP contribution >= 0.6 is 0 Å². The zero-order chi connectivity index (χ0) is 15.9. The minimum atomic E-state index is -0.398. The standard InChI is InChI=1S/C16H16N4O2/c1-11-3-2-4-13(9-11)15(21)22-14-7-5-12(6-8-14)10-19-20-16(17)18/h2-10H,1H3,(H4,17,18,20)/b19-10-. The maximum atomic E-state index is 12.0. The molecule has 0 aliphatic heterocycles. The molecule has 22 heavy (non-hydrogen) atoms. The van der Waals surface area contributed by atoms with Crippen LogP contribution in [-0.2, 0) is 0 Å². The fraction of sp³-hybridized carbons (Fsp3) is 0.0625. The van der Waals surface area contributed by atoms with Crippen molar-refractivity contribution in [2.75, 3.05) is 0 Å². The van der Waals surface area contributed by atoms with E-state index in [1.807, 2.05) is 19.1 Å². The Morgan fingerprint density at radius 1 is 1.14 bits per heavy atom. The van der Waals surface area contributed by atoms with E-state index in [2.05, 4.69) is 10.2 Å². The Hall–Kier alpha value is -3.15. The van der Waals surface area contributed by atoms with Gasteiger partial charge in [-0.3, -0.25) is 0 Å². The van der Waals surface area contributed by atoms with Crippen LogP contribution < -0.4 is 16.2 Å². The number of carbonyl (C=O) groups excluding carboxylic acids is 1. The van der Waals surface area contributed by atoms with Gasteiger partial charge >= 0.3 is 5.97 Å². The molecule has 0 spiro atoms. The van der Waals surface area contributed by atoms with E-state index in [4.69, 9.17) is 16.2 Å². The quantitative estimate of drug-likeness (QED) is 0.295. The second-order valence-corrected chi connectivity index (χ2v) is 4.60. The molecule has 2 rings (SSSR count). The molecule has 0 aliphatic rings. The molecule has 0 atom stereocenters. The van der Waals surface area contributed by atoms with Crippen LogP contribution in [0.5, 0.6) is 5.75 Å². The molecule has 6 heteroatoms. The first kappa shape index (κ1) is 15.2. The molecule has 0 saturated carbocycles. The van der Waals surface area contributed by atoms with E-state index in [0.717, 1.165) is 11.1 Å². The molecule has 0 heterocycles. The summed E-state index contributed by atoms with van der Waals surface area (Å²) in [6, 6.07) is 14.0. The second kappa shape index (κ2) is 7.03. The molecule has 4 N–H and O–H groups in total. The zero-order valence-corrected chi connectivity index (χ0v) is 12.1. The number of benzene rings is 2. The van der Waals surface area contributed by atoms with Crippen molar-refractivity contribution in [2.45, 2.75) is 6.92 Å². The maximum absolute atomic E-state index is 12.0. The van der Waals surface area contributed by atoms with E-state index in [9.17, 15) is 4.79 Å². The zero-order valence-electron chi connectivity index (χ0n) is 12.1. The number of hydrogen-bond donors (Lipinski definition) is 2. The number of nitrogens with two attached hydrogens (primary N) is 2. The van der Waals surface area contributed by atoms with E-state index in [1.54, 1.807) is 36.4 Å². The van der Waals surface area contributed by atoms with Gasteiger partial charge in [-0.1, -0.05) is 17.7 Å². The minimum Gasteiger partial charge on any atom is -0.423 e. The van der Waals surface area contributed by atoms with Crippen LogP contribution in [0.15, 0.2) is 58.7 Å². The fourth-order valence-corrected chi connectivity index (χ4v) is 1.72. The maximum Gasteiger partial charge on any atom is 0.343 e. The Balaban J connectivity index is 2.03. The molecule has 2 aromatic rings. The predicted molar refractivity (Wildman–Crippen MR) is 86.0 cm³/mol. The number of nitrogens with zero attached hydrogens (tertiary/aromatic N) is 2. The molecule has 0 aromatic heterocycles. The van der Waals surface area contributed by atoms with Crippen molar-refractivity contribution in [1.29, 1.82) is 0 Å². The predicted octanol–water partition coefficient (Wildman–Crippen LogP) is 1.82. The van der Waals surface area contributed by atoms with Crippen molar-refractivity contribution in [2.24, 2.45) is 21.7 Å². The van der Waals surface area contributed by atoms with Gasteiger partial charge in [0.1, 0.15) is 5.75 Å². The number of ether oxygens (including phenoxy) is 1. The lowest BCUT2D eigenvalue weighted by Crippen LogP contribution is -2.21. The summed E-state index contributed by atoms with van der Waals surface area (Å²) in [6.45, 7) is 1.92. The summed E-state index contributed by atoms with van der Waals surface area (Å²) >= 11 is 0. The van der Waals surface area contributed by atoms with E-state index in [0.29, 0.717) is 11.3 Å². The number of hydrogen-bond acceptors (Lipinski definition) is 4. The van der Waals surface area contributed by atoms with Crippen LogP contribution in [-0.4, -0.2) is 18.1 Å². The lowest BCUT2D eigenvalue weighted by Gasteiger charge is -2.05. The molecule has 0 saturated heterocycles. The van der Waals surface area contributed by atoms with Gasteiger partial charge in [0.2, 0.25) is 5.96 Å². The third-order valence-electron chi connectivity index (χ3n) is 2.72. The van der Waals surface area contributed by atoms with E-state index in [1.165, 1.54) is 6.21 Å². The normalized spacial score (nSPS) is 10.4. The van der Waals surface area contributed by atoms with Crippen molar-refractivity contribution in [3.8, 4) is 5.75 Å². The monoisotopic (exact) mass is 296 g/mol. The highest BCUT2D eigenvalue weighted by Gasteiger charge is 2.08. The van der Waals surface area contributed by atoms with Crippen LogP contribution in [0.3, 0.4) is 0 Å². The highest BCUT2D eigenvalue weighted by molar-refractivity contribution is 5.91. The molecule has 2 aromatic carbocycles. The third kappa shape index (κ3) is 4.45. The SMILES string of the molecule is Cc1cccc(C(=O)Oc2ccc(/C=N\N=C(N)N)cc2)c1. The Kier molecular flexibility index (Phi) is 4.87. The first-order chi connectivity index (χ1) is 10.5. The fourth-order valence-electron chi connectivity index (χ4n) is 1.72. The summed E-state index contributed by atoms with van der Waals surface area (Å²) < 4.78 is 5.30. The van der Waals surface area contributed by atoms with Gasteiger partial charge < -0.3 is 16.2 Å². The molecule has 0 amide bonds. The Labute approximate surface area is 128 Å². The molecule has 0 aliphatic carbocycles. The van der Waals surface area contributed by atoms with Crippen molar-refractivity contribution in [3.63, 3.8) is 0 Å². The highest BCUT2D eigenvalue weighted by Crippen LogP contribution is 2.14. The molecule has 112 valence electrons. The first-order valence-corrected chi connectivity index (χ1v) is 6.55. The second-order valence-electron chi connectivity index (χ2n) is 4.60. The minimum absolute atomic E-state index is 0.111. The largest absolute Gasteiger partial charge is 0.423 e. The van der Waals surface area contributed by atoms with Crippen molar-refractivity contribution < 1.29 is 9.53 Å². The highest BCUT2D eigenvalue weighted by atomic mass is 16.5. The van der Waals surface area contributed by atoms with Gasteiger partial charge in [0.15, 0.2) is 0 Å². The van der Waals surface area contributed by atoms with Gasteiger partial charge in [0.25, 0.3) is 0 Å². The molecular formula is C16H16N4O2. The summed E-state index contributed by atoms with van der Waals surface area (Å²) in [5.74, 6) is -0.0592. The van der Waals surface area contributed by atoms with E-state index < -0.39 is 5.97 Å². The van der Waals surface area contributed by atoms with Crippen LogP contribution in [0, 0.1) is 6.92 Å². The summed E-state index contributed by atoms with van der Waals surface area (Å²) in [5.41, 5.74) is 12.6. The summed E-state index contributed by atoms with van der Waals surface area (Å²) in [6.07, 6.45) is 1.49. The summed E-state index contributed by atoms with van der Waals surface area (Å²) in [7, 11) is 0. The van der Waals surface area contributed by atoms with Crippen molar-refractivity contribution >= 4 is 18.1 Å². The van der Waals surface area contributed by atoms with Crippen molar-refractivity contribution in [3.05, 3.63) is 65.2 Å². The Morgan fingerprint density at radius 2 is 1.86 bits per heavy atom. The van der Waals surface area contributed by atoms with Crippen LogP contribution in [0.1, 0.15) is 21.5 Å². The summed E-state index contributed by atoms with van der Waals surface area (Å²) in [4.78, 5) is 12.0. The first-order valence-electron chi connectivity index (χ1n) is 6.55. The number of guanidine groups is 1. The van der Waals surface area contributed by atoms with Crippen LogP contribution in [0.25, 0.3) is 0 Å². The lowest BCUT2D eigenvalue weighted by molar-refractivity contribution is 0.0734. The van der Waals surface area contributed by atoms with Crippen LogP contribution in [0.2, 0.25) is 0 Å². The van der Waals surface area contributed by atoms with Gasteiger partial charge in [-0.25, -0.2) is 4.79 Å². The molecule has 0 bridgehead atoms. The Bertz CT molecular complexity index is 717. The van der Waals surface area contributed by atoms with E-state index >= 15 is 0 Å². The summed E-state index contributed by atoms with van der Waals surface area (Å²) in [5, 5.41) is 7.19. The average Bonchev–Trinajstić information content (AvgIpc) is 2.48. The molecule has 6 nitrogen and oxygen atoms in total. The average molecular weight is 296 g/mol. The van der Waals surface area contributed by atoms with Crippen molar-refractivity contribution in [1.82, 2.24) is 0 Å². The molecule has 0 unspecified atom stereocenters. The Morgan fingerprint density at radius 3 is 2.50 bits per heavy atom. The lowest BCUT2D eigenvalue weighted by atomic mass is 10.1. The molecule has 0 radical (unpaired) electrons. The van der Waals surface area contributed by atoms with E-state index in [-0.39, 0.29) is 5.96 Å². The number of carbonyl (C=O) groups is 1. The number of esters is 1. The molecule has 0 fully saturated rings. The molecular weight excluding hydrogens is 280 g/mol.